The normalized spacial score (nSPS) is 31.2. The zero-order valence-corrected chi connectivity index (χ0v) is 46.0. The van der Waals surface area contributed by atoms with Crippen LogP contribution in [0.2, 0.25) is 0 Å². The molecule has 3 fully saturated rings. The molecular formula is C57H103NO18. The number of amides is 1. The Kier molecular flexibility index (Phi) is 36.9. The van der Waals surface area contributed by atoms with E-state index < -0.39 is 124 Å². The molecule has 19 heteroatoms. The van der Waals surface area contributed by atoms with Gasteiger partial charge >= 0.3 is 0 Å². The Bertz CT molecular complexity index is 1540. The van der Waals surface area contributed by atoms with E-state index in [-0.39, 0.29) is 18.9 Å². The van der Waals surface area contributed by atoms with Gasteiger partial charge in [0.1, 0.15) is 73.2 Å². The summed E-state index contributed by atoms with van der Waals surface area (Å²) in [7, 11) is 0. The van der Waals surface area contributed by atoms with Crippen LogP contribution in [0.4, 0.5) is 0 Å². The predicted octanol–water partition coefficient (Wildman–Crippen LogP) is 4.54. The summed E-state index contributed by atoms with van der Waals surface area (Å²) in [5, 5.41) is 119. The Balaban J connectivity index is 1.34. The number of carbonyl (C=O) groups excluding carboxylic acids is 1. The molecule has 1 amide bonds. The number of allylic oxidation sites excluding steroid dienone is 6. The minimum Gasteiger partial charge on any atom is -0.394 e. The van der Waals surface area contributed by atoms with Crippen LogP contribution in [-0.2, 0) is 33.2 Å². The van der Waals surface area contributed by atoms with Gasteiger partial charge < -0.3 is 89.9 Å². The van der Waals surface area contributed by atoms with E-state index in [2.05, 4.69) is 55.6 Å². The van der Waals surface area contributed by atoms with E-state index in [9.17, 15) is 61.0 Å². The number of nitrogens with one attached hydrogen (secondary N) is 1. The van der Waals surface area contributed by atoms with Crippen LogP contribution in [-0.4, -0.2) is 193 Å². The standard InChI is InChI=1S/C57H103NO18/c1-3-5-7-9-10-11-12-13-14-15-16-17-18-19-20-21-22-23-24-25-26-27-28-29-30-31-33-35-45(63)58-40(41(62)34-32-8-6-4-2)39-71-55-51(69)48(66)53(43(37-60)73-55)76-57-52(70)49(67)54(44(38-61)74-57)75-56-50(68)47(65)46(64)42(36-59)72-56/h12-13,15-16,18-19,40-44,46-57,59-62,64-70H,3-11,14,17,20-39H2,1-2H3,(H,58,63)/b13-12-,16-15-,19-18-. The molecule has 0 aromatic heterocycles. The Labute approximate surface area is 453 Å². The van der Waals surface area contributed by atoms with Gasteiger partial charge in [0.2, 0.25) is 5.91 Å². The molecule has 3 saturated heterocycles. The number of aliphatic hydroxyl groups excluding tert-OH is 11. The number of hydrogen-bond donors (Lipinski definition) is 12. The van der Waals surface area contributed by atoms with Crippen LogP contribution in [0.5, 0.6) is 0 Å². The van der Waals surface area contributed by atoms with Gasteiger partial charge in [-0.25, -0.2) is 0 Å². The Morgan fingerprint density at radius 1 is 0.474 bits per heavy atom. The second-order valence-corrected chi connectivity index (χ2v) is 21.1. The molecule has 0 radical (unpaired) electrons. The zero-order valence-electron chi connectivity index (χ0n) is 46.0. The van der Waals surface area contributed by atoms with E-state index in [1.165, 1.54) is 89.9 Å². The first kappa shape index (κ1) is 68.3. The van der Waals surface area contributed by atoms with Gasteiger partial charge in [0.05, 0.1) is 38.6 Å². The lowest BCUT2D eigenvalue weighted by Gasteiger charge is -2.48. The van der Waals surface area contributed by atoms with Crippen molar-refractivity contribution in [2.24, 2.45) is 0 Å². The van der Waals surface area contributed by atoms with Crippen LogP contribution in [0.3, 0.4) is 0 Å². The lowest BCUT2D eigenvalue weighted by molar-refractivity contribution is -0.379. The molecule has 0 spiro atoms. The van der Waals surface area contributed by atoms with Gasteiger partial charge in [0.15, 0.2) is 18.9 Å². The second-order valence-electron chi connectivity index (χ2n) is 21.1. The molecule has 3 rings (SSSR count). The first-order chi connectivity index (χ1) is 36.8. The van der Waals surface area contributed by atoms with Crippen LogP contribution in [0.25, 0.3) is 0 Å². The fraction of sp³-hybridized carbons (Fsp3) is 0.877. The first-order valence-corrected chi connectivity index (χ1v) is 29.2. The Morgan fingerprint density at radius 3 is 1.36 bits per heavy atom. The highest BCUT2D eigenvalue weighted by Crippen LogP contribution is 2.33. The Morgan fingerprint density at radius 2 is 0.868 bits per heavy atom. The maximum Gasteiger partial charge on any atom is 0.220 e. The van der Waals surface area contributed by atoms with Crippen molar-refractivity contribution < 1.29 is 89.4 Å². The lowest BCUT2D eigenvalue weighted by Crippen LogP contribution is -2.66. The molecule has 17 atom stereocenters. The topological polar surface area (TPSA) is 307 Å². The largest absolute Gasteiger partial charge is 0.394 e. The molecule has 3 aliphatic rings. The lowest BCUT2D eigenvalue weighted by atomic mass is 9.96. The van der Waals surface area contributed by atoms with Gasteiger partial charge in [-0.15, -0.1) is 0 Å². The molecule has 0 saturated carbocycles. The minimum atomic E-state index is -1.97. The third kappa shape index (κ3) is 25.2. The molecule has 3 heterocycles. The van der Waals surface area contributed by atoms with Crippen molar-refractivity contribution in [2.75, 3.05) is 26.4 Å². The first-order valence-electron chi connectivity index (χ1n) is 29.2. The van der Waals surface area contributed by atoms with Crippen LogP contribution in [0.15, 0.2) is 36.5 Å². The monoisotopic (exact) mass is 1090 g/mol. The van der Waals surface area contributed by atoms with Crippen molar-refractivity contribution in [3.8, 4) is 0 Å². The average Bonchev–Trinajstić information content (AvgIpc) is 3.42. The van der Waals surface area contributed by atoms with E-state index >= 15 is 0 Å². The van der Waals surface area contributed by atoms with Crippen molar-refractivity contribution in [3.05, 3.63) is 36.5 Å². The van der Waals surface area contributed by atoms with Crippen molar-refractivity contribution in [1.82, 2.24) is 5.32 Å². The fourth-order valence-corrected chi connectivity index (χ4v) is 9.85. The van der Waals surface area contributed by atoms with Gasteiger partial charge in [-0.05, 0) is 51.4 Å². The molecular weight excluding hydrogens is 987 g/mol. The number of carbonyl (C=O) groups is 1. The van der Waals surface area contributed by atoms with Crippen molar-refractivity contribution in [1.29, 1.82) is 0 Å². The zero-order chi connectivity index (χ0) is 55.5. The molecule has 17 unspecified atom stereocenters. The van der Waals surface area contributed by atoms with Crippen LogP contribution < -0.4 is 5.32 Å². The number of ether oxygens (including phenoxy) is 6. The second kappa shape index (κ2) is 41.1. The van der Waals surface area contributed by atoms with Crippen LogP contribution in [0, 0.1) is 0 Å². The molecule has 0 bridgehead atoms. The average molecular weight is 1090 g/mol. The number of hydrogen-bond acceptors (Lipinski definition) is 18. The van der Waals surface area contributed by atoms with Crippen molar-refractivity contribution in [2.45, 2.75) is 291 Å². The van der Waals surface area contributed by atoms with Gasteiger partial charge in [0.25, 0.3) is 0 Å². The van der Waals surface area contributed by atoms with Gasteiger partial charge in [0, 0.05) is 6.42 Å². The summed E-state index contributed by atoms with van der Waals surface area (Å²) in [4.78, 5) is 13.2. The highest BCUT2D eigenvalue weighted by Gasteiger charge is 2.53. The summed E-state index contributed by atoms with van der Waals surface area (Å²) < 4.78 is 34.1. The van der Waals surface area contributed by atoms with E-state index in [1.54, 1.807) is 0 Å². The summed E-state index contributed by atoms with van der Waals surface area (Å²) in [5.74, 6) is -0.256. The van der Waals surface area contributed by atoms with Crippen LogP contribution >= 0.6 is 0 Å². The van der Waals surface area contributed by atoms with Gasteiger partial charge in [-0.3, -0.25) is 4.79 Å². The molecule has 3 aliphatic heterocycles. The summed E-state index contributed by atoms with van der Waals surface area (Å²) in [6.07, 6.45) is 16.3. The molecule has 19 nitrogen and oxygen atoms in total. The highest BCUT2D eigenvalue weighted by atomic mass is 16.8. The highest BCUT2D eigenvalue weighted by molar-refractivity contribution is 5.76. The third-order valence-corrected chi connectivity index (χ3v) is 14.7. The smallest absolute Gasteiger partial charge is 0.220 e. The van der Waals surface area contributed by atoms with Crippen molar-refractivity contribution >= 4 is 5.91 Å². The summed E-state index contributed by atoms with van der Waals surface area (Å²) in [6.45, 7) is 1.62. The van der Waals surface area contributed by atoms with E-state index in [1.807, 2.05) is 0 Å². The molecule has 0 aliphatic carbocycles. The summed E-state index contributed by atoms with van der Waals surface area (Å²) in [6, 6.07) is -0.883. The van der Waals surface area contributed by atoms with E-state index in [0.717, 1.165) is 57.8 Å². The van der Waals surface area contributed by atoms with Crippen molar-refractivity contribution in [3.63, 3.8) is 0 Å². The van der Waals surface area contributed by atoms with Crippen LogP contribution in [0.1, 0.15) is 187 Å². The minimum absolute atomic E-state index is 0.256. The number of unbranched alkanes of at least 4 members (excludes halogenated alkanes) is 20. The Hall–Kier alpha value is -1.99. The molecule has 444 valence electrons. The molecule has 0 aromatic carbocycles. The maximum absolute atomic E-state index is 13.2. The van der Waals surface area contributed by atoms with Gasteiger partial charge in [-0.2, -0.15) is 0 Å². The maximum atomic E-state index is 13.2. The molecule has 0 aromatic rings. The quantitative estimate of drug-likeness (QED) is 0.0295. The number of aliphatic hydroxyl groups is 11. The summed E-state index contributed by atoms with van der Waals surface area (Å²) in [5.41, 5.74) is 0. The van der Waals surface area contributed by atoms with E-state index in [0.29, 0.717) is 19.3 Å². The number of rotatable bonds is 42. The van der Waals surface area contributed by atoms with Gasteiger partial charge in [-0.1, -0.05) is 166 Å². The SMILES string of the molecule is CCCCCCC/C=C\C/C=C\C/C=C\CCCCCCCCCCCCCCC(=O)NC(COC1OC(CO)C(OC2OC(CO)C(OC3OC(CO)C(O)C(O)C3O)C(O)C2O)C(O)C1O)C(O)CCCCCC. The van der Waals surface area contributed by atoms with E-state index in [4.69, 9.17) is 28.4 Å². The third-order valence-electron chi connectivity index (χ3n) is 14.7. The predicted molar refractivity (Wildman–Crippen MR) is 286 cm³/mol. The molecule has 76 heavy (non-hydrogen) atoms. The molecule has 12 N–H and O–H groups in total. The summed E-state index contributed by atoms with van der Waals surface area (Å²) >= 11 is 0. The fourth-order valence-electron chi connectivity index (χ4n) is 9.85.